The number of imidazole rings is 1. The fraction of sp³-hybridized carbons (Fsp3) is 0.375. The third-order valence-electron chi connectivity index (χ3n) is 2.36. The second-order valence-electron chi connectivity index (χ2n) is 3.12. The Bertz CT molecular complexity index is 476. The van der Waals surface area contributed by atoms with Crippen LogP contribution < -0.4 is 0 Å². The molecule has 13 heavy (non-hydrogen) atoms. The van der Waals surface area contributed by atoms with Gasteiger partial charge < -0.3 is 4.57 Å². The van der Waals surface area contributed by atoms with Crippen molar-refractivity contribution in [2.24, 2.45) is 0 Å². The van der Waals surface area contributed by atoms with Crippen LogP contribution in [-0.4, -0.2) is 19.5 Å². The molecule has 0 aromatic carbocycles. The Morgan fingerprint density at radius 3 is 3.23 bits per heavy atom. The molecule has 5 heteroatoms. The van der Waals surface area contributed by atoms with Gasteiger partial charge in [0.25, 0.3) is 0 Å². The van der Waals surface area contributed by atoms with E-state index in [1.165, 1.54) is 12.7 Å². The van der Waals surface area contributed by atoms with E-state index in [1.807, 2.05) is 0 Å². The summed E-state index contributed by atoms with van der Waals surface area (Å²) < 4.78 is 3.04. The largest absolute Gasteiger partial charge is 0.324 e. The number of halogens is 1. The van der Waals surface area contributed by atoms with Gasteiger partial charge in [0.1, 0.15) is 22.3 Å². The zero-order valence-corrected chi connectivity index (χ0v) is 8.45. The normalized spacial score (nSPS) is 15.2. The summed E-state index contributed by atoms with van der Waals surface area (Å²) in [6, 6.07) is 0. The third kappa shape index (κ3) is 0.934. The van der Waals surface area contributed by atoms with Crippen LogP contribution in [0.4, 0.5) is 0 Å². The summed E-state index contributed by atoms with van der Waals surface area (Å²) in [7, 11) is 0. The highest BCUT2D eigenvalue weighted by atomic mass is 79.9. The van der Waals surface area contributed by atoms with Gasteiger partial charge in [0.15, 0.2) is 5.65 Å². The molecule has 2 aromatic rings. The minimum atomic E-state index is 0.802. The summed E-state index contributed by atoms with van der Waals surface area (Å²) >= 11 is 3.42. The van der Waals surface area contributed by atoms with Gasteiger partial charge in [-0.3, -0.25) is 0 Å². The fourth-order valence-corrected chi connectivity index (χ4v) is 2.28. The summed E-state index contributed by atoms with van der Waals surface area (Å²) in [6.07, 6.45) is 3.78. The molecule has 0 N–H and O–H groups in total. The summed E-state index contributed by atoms with van der Waals surface area (Å²) in [6.45, 7) is 1.04. The van der Waals surface area contributed by atoms with Crippen molar-refractivity contribution in [1.29, 1.82) is 0 Å². The molecular formula is C8H7BrN4. The van der Waals surface area contributed by atoms with E-state index in [2.05, 4.69) is 35.4 Å². The second kappa shape index (κ2) is 2.51. The molecule has 0 spiro atoms. The number of hydrogen-bond donors (Lipinski definition) is 0. The lowest BCUT2D eigenvalue weighted by Crippen LogP contribution is -1.93. The maximum Gasteiger partial charge on any atom is 0.182 e. The number of fused-ring (bicyclic) bond motifs is 3. The number of rotatable bonds is 0. The molecule has 4 nitrogen and oxygen atoms in total. The van der Waals surface area contributed by atoms with Crippen LogP contribution in [0.2, 0.25) is 0 Å². The Morgan fingerprint density at radius 1 is 1.38 bits per heavy atom. The van der Waals surface area contributed by atoms with E-state index in [1.54, 1.807) is 0 Å². The lowest BCUT2D eigenvalue weighted by atomic mass is 10.4. The van der Waals surface area contributed by atoms with Gasteiger partial charge in [0, 0.05) is 13.0 Å². The predicted octanol–water partition coefficient (Wildman–Crippen LogP) is 1.54. The van der Waals surface area contributed by atoms with Gasteiger partial charge in [-0.2, -0.15) is 0 Å². The first-order chi connectivity index (χ1) is 6.36. The van der Waals surface area contributed by atoms with Gasteiger partial charge in [-0.25, -0.2) is 15.0 Å². The average molecular weight is 239 g/mol. The third-order valence-corrected chi connectivity index (χ3v) is 2.94. The molecule has 0 bridgehead atoms. The van der Waals surface area contributed by atoms with E-state index < -0.39 is 0 Å². The highest BCUT2D eigenvalue weighted by Crippen LogP contribution is 2.25. The zero-order chi connectivity index (χ0) is 8.84. The van der Waals surface area contributed by atoms with Crippen LogP contribution in [0.1, 0.15) is 12.2 Å². The number of nitrogens with zero attached hydrogens (tertiary/aromatic N) is 4. The van der Waals surface area contributed by atoms with Gasteiger partial charge in [-0.15, -0.1) is 0 Å². The molecule has 0 atom stereocenters. The molecule has 0 saturated heterocycles. The van der Waals surface area contributed by atoms with E-state index >= 15 is 0 Å². The molecule has 0 fully saturated rings. The Balaban J connectivity index is 2.46. The lowest BCUT2D eigenvalue weighted by Gasteiger charge is -1.98. The van der Waals surface area contributed by atoms with Crippen molar-refractivity contribution < 1.29 is 0 Å². The van der Waals surface area contributed by atoms with E-state index in [0.717, 1.165) is 34.6 Å². The highest BCUT2D eigenvalue weighted by Gasteiger charge is 2.18. The van der Waals surface area contributed by atoms with Crippen LogP contribution in [0.25, 0.3) is 11.2 Å². The second-order valence-corrected chi connectivity index (χ2v) is 3.87. The van der Waals surface area contributed by atoms with E-state index in [0.29, 0.717) is 0 Å². The molecule has 1 aliphatic rings. The molecule has 1 aliphatic heterocycles. The maximum atomic E-state index is 4.44. The Kier molecular flexibility index (Phi) is 1.44. The molecule has 0 radical (unpaired) electrons. The van der Waals surface area contributed by atoms with Crippen molar-refractivity contribution in [1.82, 2.24) is 19.5 Å². The SMILES string of the molecule is Brc1ncnc2nc3n(c12)CCC3. The van der Waals surface area contributed by atoms with E-state index in [4.69, 9.17) is 0 Å². The molecule has 0 unspecified atom stereocenters. The van der Waals surface area contributed by atoms with Crippen molar-refractivity contribution in [3.05, 3.63) is 16.8 Å². The predicted molar refractivity (Wildman–Crippen MR) is 51.3 cm³/mol. The number of aryl methyl sites for hydroxylation is 2. The van der Waals surface area contributed by atoms with Crippen molar-refractivity contribution in [3.63, 3.8) is 0 Å². The molecule has 0 aliphatic carbocycles. The van der Waals surface area contributed by atoms with Crippen molar-refractivity contribution in [2.45, 2.75) is 19.4 Å². The minimum absolute atomic E-state index is 0.802. The Hall–Kier alpha value is -0.970. The molecule has 66 valence electrons. The molecule has 3 rings (SSSR count). The van der Waals surface area contributed by atoms with Gasteiger partial charge in [0.05, 0.1) is 0 Å². The van der Waals surface area contributed by atoms with E-state index in [9.17, 15) is 0 Å². The fourth-order valence-electron chi connectivity index (χ4n) is 1.80. The highest BCUT2D eigenvalue weighted by molar-refractivity contribution is 9.10. The summed E-state index contributed by atoms with van der Waals surface area (Å²) in [4.78, 5) is 12.7. The lowest BCUT2D eigenvalue weighted by molar-refractivity contribution is 0.768. The van der Waals surface area contributed by atoms with Crippen molar-refractivity contribution in [3.8, 4) is 0 Å². The Morgan fingerprint density at radius 2 is 2.31 bits per heavy atom. The minimum Gasteiger partial charge on any atom is -0.324 e. The van der Waals surface area contributed by atoms with Crippen LogP contribution in [0.5, 0.6) is 0 Å². The Labute approximate surface area is 83.1 Å². The topological polar surface area (TPSA) is 43.6 Å². The molecule has 3 heterocycles. The van der Waals surface area contributed by atoms with E-state index in [-0.39, 0.29) is 0 Å². The number of hydrogen-bond acceptors (Lipinski definition) is 3. The standard InChI is InChI=1S/C8H7BrN4/c9-7-6-8(11-4-10-7)12-5-2-1-3-13(5)6/h4H,1-3H2. The average Bonchev–Trinajstić information content (AvgIpc) is 2.62. The van der Waals surface area contributed by atoms with Gasteiger partial charge in [-0.05, 0) is 22.4 Å². The quantitative estimate of drug-likeness (QED) is 0.655. The summed E-state index contributed by atoms with van der Waals surface area (Å²) in [5, 5.41) is 0. The van der Waals surface area contributed by atoms with Crippen molar-refractivity contribution >= 4 is 27.1 Å². The molecule has 2 aromatic heterocycles. The van der Waals surface area contributed by atoms with Crippen LogP contribution in [0.15, 0.2) is 10.9 Å². The van der Waals surface area contributed by atoms with Gasteiger partial charge in [-0.1, -0.05) is 0 Å². The van der Waals surface area contributed by atoms with Crippen LogP contribution >= 0.6 is 15.9 Å². The first-order valence-electron chi connectivity index (χ1n) is 4.22. The molecular weight excluding hydrogens is 232 g/mol. The summed E-state index contributed by atoms with van der Waals surface area (Å²) in [5.74, 6) is 1.14. The maximum absolute atomic E-state index is 4.44. The first-order valence-corrected chi connectivity index (χ1v) is 5.01. The van der Waals surface area contributed by atoms with Crippen LogP contribution in [0.3, 0.4) is 0 Å². The van der Waals surface area contributed by atoms with Gasteiger partial charge >= 0.3 is 0 Å². The number of aromatic nitrogens is 4. The van der Waals surface area contributed by atoms with Crippen molar-refractivity contribution in [2.75, 3.05) is 0 Å². The van der Waals surface area contributed by atoms with Crippen LogP contribution in [-0.2, 0) is 13.0 Å². The van der Waals surface area contributed by atoms with Crippen LogP contribution in [0, 0.1) is 0 Å². The summed E-state index contributed by atoms with van der Waals surface area (Å²) in [5.41, 5.74) is 1.84. The first kappa shape index (κ1) is 7.44. The zero-order valence-electron chi connectivity index (χ0n) is 6.87. The smallest absolute Gasteiger partial charge is 0.182 e. The van der Waals surface area contributed by atoms with Gasteiger partial charge in [0.2, 0.25) is 0 Å². The molecule has 0 saturated carbocycles. The molecule has 0 amide bonds. The monoisotopic (exact) mass is 238 g/mol.